The smallest absolute Gasteiger partial charge is 0.271 e. The molecule has 1 aliphatic rings. The summed E-state index contributed by atoms with van der Waals surface area (Å²) in [6.07, 6.45) is 6.92. The van der Waals surface area contributed by atoms with Crippen molar-refractivity contribution >= 4 is 30.7 Å². The van der Waals surface area contributed by atoms with E-state index in [0.29, 0.717) is 11.6 Å². The van der Waals surface area contributed by atoms with Gasteiger partial charge in [0.25, 0.3) is 5.91 Å². The van der Waals surface area contributed by atoms with Crippen molar-refractivity contribution in [3.63, 3.8) is 0 Å². The predicted octanol–water partition coefficient (Wildman–Crippen LogP) is 1.44. The molecule has 7 heteroatoms. The topological polar surface area (TPSA) is 66.9 Å². The Kier molecular flexibility index (Phi) is 8.63. The van der Waals surface area contributed by atoms with Crippen LogP contribution in [-0.4, -0.2) is 35.0 Å². The van der Waals surface area contributed by atoms with Crippen LogP contribution in [0.5, 0.6) is 0 Å². The molecule has 1 aromatic heterocycles. The minimum atomic E-state index is -0.142. The van der Waals surface area contributed by atoms with E-state index in [4.69, 9.17) is 0 Å². The molecule has 1 amide bonds. The van der Waals surface area contributed by atoms with Crippen LogP contribution in [0.4, 0.5) is 0 Å². The first-order valence-corrected chi connectivity index (χ1v) is 6.05. The molecule has 1 aliphatic heterocycles. The second kappa shape index (κ2) is 9.07. The van der Waals surface area contributed by atoms with Gasteiger partial charge < -0.3 is 10.6 Å². The Balaban J connectivity index is 0.00000162. The lowest BCUT2D eigenvalue weighted by molar-refractivity contribution is 0.0916. The summed E-state index contributed by atoms with van der Waals surface area (Å²) in [6.45, 7) is 4.11. The molecule has 2 heterocycles. The predicted molar refractivity (Wildman–Crippen MR) is 79.0 cm³/mol. The number of amides is 1. The van der Waals surface area contributed by atoms with Gasteiger partial charge in [-0.2, -0.15) is 0 Å². The van der Waals surface area contributed by atoms with Crippen molar-refractivity contribution in [3.8, 4) is 0 Å². The molecule has 5 nitrogen and oxygen atoms in total. The Morgan fingerprint density at radius 3 is 2.84 bits per heavy atom. The molecular weight excluding hydrogens is 287 g/mol. The third-order valence-corrected chi connectivity index (χ3v) is 3.20. The molecule has 1 fully saturated rings. The Morgan fingerprint density at radius 1 is 1.47 bits per heavy atom. The molecular formula is C12H20Cl2N4O. The summed E-state index contributed by atoms with van der Waals surface area (Å²) in [5.74, 6) is 0.362. The summed E-state index contributed by atoms with van der Waals surface area (Å²) >= 11 is 0. The highest BCUT2D eigenvalue weighted by atomic mass is 35.5. The van der Waals surface area contributed by atoms with Gasteiger partial charge in [0.1, 0.15) is 5.69 Å². The van der Waals surface area contributed by atoms with Gasteiger partial charge in [0.05, 0.1) is 6.20 Å². The van der Waals surface area contributed by atoms with E-state index < -0.39 is 0 Å². The number of rotatable bonds is 3. The van der Waals surface area contributed by atoms with Gasteiger partial charge in [-0.15, -0.1) is 24.8 Å². The van der Waals surface area contributed by atoms with E-state index in [2.05, 4.69) is 20.6 Å². The minimum absolute atomic E-state index is 0. The monoisotopic (exact) mass is 306 g/mol. The number of aromatic nitrogens is 2. The van der Waals surface area contributed by atoms with E-state index in [1.807, 2.05) is 6.92 Å². The summed E-state index contributed by atoms with van der Waals surface area (Å²) in [4.78, 5) is 19.7. The molecule has 1 aromatic rings. The fourth-order valence-corrected chi connectivity index (χ4v) is 2.12. The molecule has 0 spiro atoms. The van der Waals surface area contributed by atoms with Crippen LogP contribution in [0.3, 0.4) is 0 Å². The van der Waals surface area contributed by atoms with Crippen molar-refractivity contribution in [2.24, 2.45) is 5.92 Å². The maximum atomic E-state index is 11.9. The molecule has 108 valence electrons. The summed E-state index contributed by atoms with van der Waals surface area (Å²) < 4.78 is 0. The van der Waals surface area contributed by atoms with Gasteiger partial charge in [-0.05, 0) is 38.8 Å². The first-order valence-electron chi connectivity index (χ1n) is 6.05. The lowest BCUT2D eigenvalue weighted by atomic mass is 9.93. The van der Waals surface area contributed by atoms with E-state index in [0.717, 1.165) is 19.5 Å². The van der Waals surface area contributed by atoms with Crippen LogP contribution in [0.2, 0.25) is 0 Å². The summed E-state index contributed by atoms with van der Waals surface area (Å²) in [7, 11) is 0. The molecule has 2 unspecified atom stereocenters. The van der Waals surface area contributed by atoms with Gasteiger partial charge in [-0.25, -0.2) is 4.98 Å². The number of carbonyl (C=O) groups excluding carboxylic acids is 1. The van der Waals surface area contributed by atoms with E-state index in [1.165, 1.54) is 18.8 Å². The van der Waals surface area contributed by atoms with Crippen molar-refractivity contribution in [2.45, 2.75) is 25.8 Å². The van der Waals surface area contributed by atoms with Gasteiger partial charge in [-0.3, -0.25) is 9.78 Å². The SMILES string of the molecule is CC(NC(=O)c1cnccn1)C1CCCNC1.Cl.Cl. The van der Waals surface area contributed by atoms with Crippen molar-refractivity contribution in [1.29, 1.82) is 0 Å². The quantitative estimate of drug-likeness (QED) is 0.887. The number of hydrogen-bond donors (Lipinski definition) is 2. The number of hydrogen-bond acceptors (Lipinski definition) is 4. The molecule has 1 saturated heterocycles. The minimum Gasteiger partial charge on any atom is -0.348 e. The van der Waals surface area contributed by atoms with Crippen LogP contribution in [-0.2, 0) is 0 Å². The number of piperidine rings is 1. The third kappa shape index (κ3) is 5.30. The Bertz CT molecular complexity index is 371. The lowest BCUT2D eigenvalue weighted by Crippen LogP contribution is -2.44. The van der Waals surface area contributed by atoms with Crippen LogP contribution in [0.25, 0.3) is 0 Å². The van der Waals surface area contributed by atoms with Crippen molar-refractivity contribution < 1.29 is 4.79 Å². The molecule has 2 N–H and O–H groups in total. The molecule has 19 heavy (non-hydrogen) atoms. The second-order valence-electron chi connectivity index (χ2n) is 4.46. The number of carbonyl (C=O) groups is 1. The average Bonchev–Trinajstić information content (AvgIpc) is 2.40. The van der Waals surface area contributed by atoms with Gasteiger partial charge in [0.15, 0.2) is 0 Å². The van der Waals surface area contributed by atoms with Gasteiger partial charge in [-0.1, -0.05) is 0 Å². The van der Waals surface area contributed by atoms with Crippen LogP contribution in [0.1, 0.15) is 30.3 Å². The number of nitrogens with one attached hydrogen (secondary N) is 2. The Morgan fingerprint density at radius 2 is 2.26 bits per heavy atom. The zero-order chi connectivity index (χ0) is 12.1. The molecule has 0 saturated carbocycles. The maximum absolute atomic E-state index is 11.9. The summed E-state index contributed by atoms with van der Waals surface area (Å²) in [5, 5.41) is 6.33. The average molecular weight is 307 g/mol. The Hall–Kier alpha value is -0.910. The second-order valence-corrected chi connectivity index (χ2v) is 4.46. The molecule has 0 aliphatic carbocycles. The highest BCUT2D eigenvalue weighted by Crippen LogP contribution is 2.14. The Labute approximate surface area is 125 Å². The maximum Gasteiger partial charge on any atom is 0.271 e. The van der Waals surface area contributed by atoms with Gasteiger partial charge >= 0.3 is 0 Å². The highest BCUT2D eigenvalue weighted by Gasteiger charge is 2.21. The zero-order valence-electron chi connectivity index (χ0n) is 10.8. The first kappa shape index (κ1) is 18.1. The molecule has 2 rings (SSSR count). The first-order chi connectivity index (χ1) is 8.27. The normalized spacial score (nSPS) is 19.5. The van der Waals surface area contributed by atoms with E-state index >= 15 is 0 Å². The standard InChI is InChI=1S/C12H18N4O.2ClH/c1-9(10-3-2-4-13-7-10)16-12(17)11-8-14-5-6-15-11;;/h5-6,8-10,13H,2-4,7H2,1H3,(H,16,17);2*1H. The largest absolute Gasteiger partial charge is 0.348 e. The van der Waals surface area contributed by atoms with E-state index in [9.17, 15) is 4.79 Å². The number of nitrogens with zero attached hydrogens (tertiary/aromatic N) is 2. The fourth-order valence-electron chi connectivity index (χ4n) is 2.12. The molecule has 0 aromatic carbocycles. The van der Waals surface area contributed by atoms with Crippen LogP contribution >= 0.6 is 24.8 Å². The van der Waals surface area contributed by atoms with Gasteiger partial charge in [0.2, 0.25) is 0 Å². The van der Waals surface area contributed by atoms with Gasteiger partial charge in [0, 0.05) is 18.4 Å². The van der Waals surface area contributed by atoms with Crippen LogP contribution in [0.15, 0.2) is 18.6 Å². The van der Waals surface area contributed by atoms with Crippen LogP contribution < -0.4 is 10.6 Å². The highest BCUT2D eigenvalue weighted by molar-refractivity contribution is 5.92. The lowest BCUT2D eigenvalue weighted by Gasteiger charge is -2.28. The fraction of sp³-hybridized carbons (Fsp3) is 0.583. The third-order valence-electron chi connectivity index (χ3n) is 3.20. The molecule has 0 bridgehead atoms. The van der Waals surface area contributed by atoms with Crippen LogP contribution in [0, 0.1) is 5.92 Å². The zero-order valence-corrected chi connectivity index (χ0v) is 12.5. The van der Waals surface area contributed by atoms with Crippen molar-refractivity contribution in [2.75, 3.05) is 13.1 Å². The summed E-state index contributed by atoms with van der Waals surface area (Å²) in [6, 6.07) is 0.164. The number of halogens is 2. The van der Waals surface area contributed by atoms with Crippen molar-refractivity contribution in [3.05, 3.63) is 24.3 Å². The van der Waals surface area contributed by atoms with E-state index in [-0.39, 0.29) is 36.8 Å². The summed E-state index contributed by atoms with van der Waals surface area (Å²) in [5.41, 5.74) is 0.378. The van der Waals surface area contributed by atoms with Crippen molar-refractivity contribution in [1.82, 2.24) is 20.6 Å². The molecule has 0 radical (unpaired) electrons. The van der Waals surface area contributed by atoms with E-state index in [1.54, 1.807) is 6.20 Å². The molecule has 2 atom stereocenters.